The van der Waals surface area contributed by atoms with E-state index in [0.29, 0.717) is 0 Å². The molecule has 8 N–H and O–H groups in total. The van der Waals surface area contributed by atoms with E-state index in [9.17, 15) is 9.59 Å². The number of aliphatic carboxylic acids is 1. The summed E-state index contributed by atoms with van der Waals surface area (Å²) in [6.45, 7) is 0. The second-order valence-corrected chi connectivity index (χ2v) is 2.00. The molecule has 0 aromatic heterocycles. The van der Waals surface area contributed by atoms with E-state index in [-0.39, 0.29) is 5.75 Å². The third-order valence-corrected chi connectivity index (χ3v) is 1.05. The Morgan fingerprint density at radius 3 is 1.92 bits per heavy atom. The molecule has 0 aromatic carbocycles. The maximum Gasteiger partial charge on any atom is 0.326 e. The summed E-state index contributed by atoms with van der Waals surface area (Å²) in [7, 11) is 0. The van der Waals surface area contributed by atoms with Crippen molar-refractivity contribution in [3.8, 4) is 0 Å². The summed E-state index contributed by atoms with van der Waals surface area (Å²) in [5.41, 5.74) is 11.0. The zero-order valence-electron chi connectivity index (χ0n) is 6.23. The summed E-state index contributed by atoms with van der Waals surface area (Å²) < 4.78 is 0. The number of carbonyl (C=O) groups excluding carboxylic acids is 1. The number of carboxylic acid groups (broad SMARTS) is 1. The van der Waals surface area contributed by atoms with Crippen LogP contribution in [-0.4, -0.2) is 28.9 Å². The van der Waals surface area contributed by atoms with E-state index in [2.05, 4.69) is 24.2 Å². The molecule has 7 nitrogen and oxygen atoms in total. The molecule has 12 heavy (non-hydrogen) atoms. The van der Waals surface area contributed by atoms with Crippen LogP contribution in [0.15, 0.2) is 0 Å². The van der Waals surface area contributed by atoms with Crippen LogP contribution in [0.3, 0.4) is 0 Å². The van der Waals surface area contributed by atoms with Crippen LogP contribution in [0.25, 0.3) is 0 Å². The molecule has 1 atom stereocenters. The van der Waals surface area contributed by atoms with Gasteiger partial charge in [0.2, 0.25) is 0 Å². The monoisotopic (exact) mass is 196 g/mol. The first-order valence-electron chi connectivity index (χ1n) is 2.81. The molecule has 0 aromatic rings. The Bertz CT molecular complexity index is 153. The molecule has 8 heteroatoms. The highest BCUT2D eigenvalue weighted by Crippen LogP contribution is 1.80. The van der Waals surface area contributed by atoms with Crippen LogP contribution in [0.1, 0.15) is 0 Å². The largest absolute Gasteiger partial charge is 0.480 e. The van der Waals surface area contributed by atoms with Gasteiger partial charge in [0.05, 0.1) is 0 Å². The SMILES string of the molecule is NC(CS)C(=O)O.NNC(N)=O. The Hall–Kier alpha value is -0.990. The van der Waals surface area contributed by atoms with Crippen LogP contribution in [0.5, 0.6) is 0 Å². The molecule has 0 aliphatic carbocycles. The smallest absolute Gasteiger partial charge is 0.326 e. The van der Waals surface area contributed by atoms with Crippen molar-refractivity contribution in [2.75, 3.05) is 5.75 Å². The summed E-state index contributed by atoms with van der Waals surface area (Å²) in [5.74, 6) is 3.63. The number of hydrogen-bond donors (Lipinski definition) is 6. The lowest BCUT2D eigenvalue weighted by Crippen LogP contribution is -2.34. The lowest BCUT2D eigenvalue weighted by Gasteiger charge is -1.96. The van der Waals surface area contributed by atoms with Gasteiger partial charge in [0.1, 0.15) is 6.04 Å². The van der Waals surface area contributed by atoms with Gasteiger partial charge in [-0.3, -0.25) is 10.2 Å². The van der Waals surface area contributed by atoms with Crippen LogP contribution in [0, 0.1) is 0 Å². The summed E-state index contributed by atoms with van der Waals surface area (Å²) in [4.78, 5) is 19.1. The highest BCUT2D eigenvalue weighted by Gasteiger charge is 2.06. The van der Waals surface area contributed by atoms with Gasteiger partial charge in [-0.15, -0.1) is 0 Å². The molecule has 0 radical (unpaired) electrons. The van der Waals surface area contributed by atoms with Crippen molar-refractivity contribution in [1.82, 2.24) is 5.43 Å². The third kappa shape index (κ3) is 11.8. The van der Waals surface area contributed by atoms with Crippen LogP contribution in [0.2, 0.25) is 0 Å². The van der Waals surface area contributed by atoms with Gasteiger partial charge in [0.25, 0.3) is 0 Å². The van der Waals surface area contributed by atoms with Gasteiger partial charge in [0, 0.05) is 5.75 Å². The number of nitrogens with one attached hydrogen (secondary N) is 1. The van der Waals surface area contributed by atoms with Gasteiger partial charge in [-0.1, -0.05) is 0 Å². The molecule has 0 aliphatic heterocycles. The quantitative estimate of drug-likeness (QED) is 0.129. The second kappa shape index (κ2) is 8.11. The number of carboxylic acids is 1. The van der Waals surface area contributed by atoms with Crippen molar-refractivity contribution in [2.24, 2.45) is 17.3 Å². The molecule has 0 spiro atoms. The molecule has 0 fully saturated rings. The highest BCUT2D eigenvalue weighted by molar-refractivity contribution is 7.80. The van der Waals surface area contributed by atoms with E-state index in [1.165, 1.54) is 0 Å². The lowest BCUT2D eigenvalue weighted by atomic mass is 10.4. The van der Waals surface area contributed by atoms with Crippen molar-refractivity contribution in [2.45, 2.75) is 6.04 Å². The van der Waals surface area contributed by atoms with Crippen LogP contribution in [0.4, 0.5) is 4.79 Å². The summed E-state index contributed by atoms with van der Waals surface area (Å²) in [6, 6.07) is -1.53. The normalized spacial score (nSPS) is 10.6. The second-order valence-electron chi connectivity index (χ2n) is 1.64. The molecule has 0 bridgehead atoms. The predicted molar refractivity (Wildman–Crippen MR) is 46.4 cm³/mol. The van der Waals surface area contributed by atoms with Gasteiger partial charge in [-0.05, 0) is 0 Å². The van der Waals surface area contributed by atoms with E-state index in [4.69, 9.17) is 10.8 Å². The number of hydrogen-bond acceptors (Lipinski definition) is 5. The molecular weight excluding hydrogens is 184 g/mol. The van der Waals surface area contributed by atoms with Crippen LogP contribution >= 0.6 is 12.6 Å². The summed E-state index contributed by atoms with van der Waals surface area (Å²) >= 11 is 3.65. The Kier molecular flexibility index (Phi) is 9.18. The van der Waals surface area contributed by atoms with E-state index in [0.717, 1.165) is 0 Å². The molecule has 0 rings (SSSR count). The molecule has 1 unspecified atom stereocenters. The topological polar surface area (TPSA) is 144 Å². The zero-order chi connectivity index (χ0) is 10.1. The van der Waals surface area contributed by atoms with E-state index < -0.39 is 18.0 Å². The lowest BCUT2D eigenvalue weighted by molar-refractivity contribution is -0.137. The highest BCUT2D eigenvalue weighted by atomic mass is 32.1. The zero-order valence-corrected chi connectivity index (χ0v) is 7.12. The fourth-order valence-electron chi connectivity index (χ4n) is 0.0781. The number of thiol groups is 1. The average Bonchev–Trinajstić information content (AvgIpc) is 2.04. The van der Waals surface area contributed by atoms with Crippen molar-refractivity contribution in [3.05, 3.63) is 0 Å². The first-order chi connectivity index (χ1) is 5.45. The number of urea groups is 1. The molecule has 0 heterocycles. The van der Waals surface area contributed by atoms with Crippen molar-refractivity contribution >= 4 is 24.6 Å². The standard InChI is InChI=1S/C3H7NO2S.CH5N3O/c4-2(1-7)3(5)6;2-1(5)4-3/h2,7H,1,4H2,(H,5,6);3H2,(H3,2,4,5). The van der Waals surface area contributed by atoms with Gasteiger partial charge < -0.3 is 16.6 Å². The minimum atomic E-state index is -1.00. The predicted octanol–water partition coefficient (Wildman–Crippen LogP) is -2.14. The molecule has 0 aliphatic rings. The molecule has 0 saturated heterocycles. The average molecular weight is 196 g/mol. The van der Waals surface area contributed by atoms with E-state index >= 15 is 0 Å². The van der Waals surface area contributed by atoms with Gasteiger partial charge in [-0.25, -0.2) is 10.6 Å². The van der Waals surface area contributed by atoms with Crippen molar-refractivity contribution < 1.29 is 14.7 Å². The summed E-state index contributed by atoms with van der Waals surface area (Å²) in [5, 5.41) is 8.01. The minimum Gasteiger partial charge on any atom is -0.480 e. The number of nitrogens with two attached hydrogens (primary N) is 3. The van der Waals surface area contributed by atoms with Gasteiger partial charge >= 0.3 is 12.0 Å². The van der Waals surface area contributed by atoms with E-state index in [1.54, 1.807) is 5.43 Å². The van der Waals surface area contributed by atoms with Crippen LogP contribution < -0.4 is 22.7 Å². The molecule has 72 valence electrons. The van der Waals surface area contributed by atoms with Gasteiger partial charge in [0.15, 0.2) is 0 Å². The number of rotatable bonds is 2. The minimum absolute atomic E-state index is 0.190. The Morgan fingerprint density at radius 2 is 1.92 bits per heavy atom. The number of primary amides is 1. The third-order valence-electron chi connectivity index (χ3n) is 0.656. The van der Waals surface area contributed by atoms with Crippen molar-refractivity contribution in [1.29, 1.82) is 0 Å². The fraction of sp³-hybridized carbons (Fsp3) is 0.500. The Labute approximate surface area is 74.7 Å². The number of amides is 2. The Balaban J connectivity index is 0. The number of carbonyl (C=O) groups is 2. The summed E-state index contributed by atoms with van der Waals surface area (Å²) in [6.07, 6.45) is 0. The molecule has 2 amide bonds. The molecular formula is C4H12N4O3S. The van der Waals surface area contributed by atoms with Crippen molar-refractivity contribution in [3.63, 3.8) is 0 Å². The fourth-order valence-corrected chi connectivity index (χ4v) is 0.234. The number of hydrazine groups is 1. The maximum atomic E-state index is 9.76. The Morgan fingerprint density at radius 1 is 1.58 bits per heavy atom. The molecule has 0 saturated carbocycles. The van der Waals surface area contributed by atoms with Gasteiger partial charge in [-0.2, -0.15) is 12.6 Å². The van der Waals surface area contributed by atoms with E-state index in [1.807, 2.05) is 0 Å². The maximum absolute atomic E-state index is 9.76. The first kappa shape index (κ1) is 13.6. The van der Waals surface area contributed by atoms with Crippen LogP contribution in [-0.2, 0) is 4.79 Å². The first-order valence-corrected chi connectivity index (χ1v) is 3.44.